The number of rotatable bonds is 4. The van der Waals surface area contributed by atoms with Gasteiger partial charge in [-0.05, 0) is 18.2 Å². The number of ether oxygens (including phenoxy) is 1. The van der Waals surface area contributed by atoms with Gasteiger partial charge in [0.1, 0.15) is 6.61 Å². The van der Waals surface area contributed by atoms with E-state index < -0.39 is 0 Å². The molecule has 0 spiro atoms. The van der Waals surface area contributed by atoms with Crippen LogP contribution in [0.15, 0.2) is 24.3 Å². The van der Waals surface area contributed by atoms with Crippen LogP contribution in [0.3, 0.4) is 0 Å². The van der Waals surface area contributed by atoms with Crippen molar-refractivity contribution in [2.75, 3.05) is 28.7 Å². The predicted octanol–water partition coefficient (Wildman–Crippen LogP) is 2.37. The molecule has 1 aliphatic rings. The zero-order valence-corrected chi connectivity index (χ0v) is 11.3. The fourth-order valence-electron chi connectivity index (χ4n) is 1.69. The van der Waals surface area contributed by atoms with E-state index in [1.807, 2.05) is 6.07 Å². The molecule has 2 amide bonds. The van der Waals surface area contributed by atoms with Gasteiger partial charge in [-0.3, -0.25) is 9.69 Å². The number of hydrogen-bond donors (Lipinski definition) is 1. The molecule has 1 N–H and O–H groups in total. The third-order valence-corrected chi connectivity index (χ3v) is 2.92. The average Bonchev–Trinajstić information content (AvgIpc) is 2.76. The number of nitrogens with zero attached hydrogens (tertiary/aromatic N) is 1. The molecule has 18 heavy (non-hydrogen) atoms. The minimum atomic E-state index is -0.348. The molecular formula is C12H13BrN2O3. The Hall–Kier alpha value is -1.56. The normalized spacial score (nSPS) is 14.5. The molecule has 0 radical (unpaired) electrons. The largest absolute Gasteiger partial charge is 0.447 e. The van der Waals surface area contributed by atoms with Crippen molar-refractivity contribution in [3.8, 4) is 0 Å². The van der Waals surface area contributed by atoms with Crippen molar-refractivity contribution in [1.29, 1.82) is 0 Å². The predicted molar refractivity (Wildman–Crippen MR) is 72.2 cm³/mol. The molecule has 5 nitrogen and oxygen atoms in total. The number of amides is 2. The molecule has 96 valence electrons. The van der Waals surface area contributed by atoms with Crippen LogP contribution in [0.1, 0.15) is 6.42 Å². The fourth-order valence-corrected chi connectivity index (χ4v) is 2.05. The van der Waals surface area contributed by atoms with E-state index in [4.69, 9.17) is 4.74 Å². The summed E-state index contributed by atoms with van der Waals surface area (Å²) in [5.74, 6) is -0.0620. The van der Waals surface area contributed by atoms with Crippen LogP contribution >= 0.6 is 15.9 Å². The highest BCUT2D eigenvalue weighted by Gasteiger charge is 2.23. The first-order chi connectivity index (χ1) is 8.70. The molecule has 0 aliphatic carbocycles. The number of carbonyl (C=O) groups is 2. The van der Waals surface area contributed by atoms with Crippen molar-refractivity contribution in [2.45, 2.75) is 6.42 Å². The number of benzene rings is 1. The van der Waals surface area contributed by atoms with E-state index in [2.05, 4.69) is 21.2 Å². The Morgan fingerprint density at radius 1 is 1.50 bits per heavy atom. The lowest BCUT2D eigenvalue weighted by Crippen LogP contribution is -2.23. The molecule has 1 fully saturated rings. The summed E-state index contributed by atoms with van der Waals surface area (Å²) < 4.78 is 4.87. The molecule has 0 unspecified atom stereocenters. The Kier molecular flexibility index (Phi) is 4.19. The first-order valence-electron chi connectivity index (χ1n) is 5.61. The van der Waals surface area contributed by atoms with E-state index in [0.717, 1.165) is 5.69 Å². The van der Waals surface area contributed by atoms with Gasteiger partial charge < -0.3 is 10.1 Å². The van der Waals surface area contributed by atoms with Crippen LogP contribution in [0.4, 0.5) is 16.2 Å². The Labute approximate surface area is 113 Å². The Balaban J connectivity index is 2.10. The molecule has 2 rings (SSSR count). The van der Waals surface area contributed by atoms with Crippen LogP contribution in [0.5, 0.6) is 0 Å². The van der Waals surface area contributed by atoms with Crippen molar-refractivity contribution < 1.29 is 14.3 Å². The van der Waals surface area contributed by atoms with Gasteiger partial charge in [0.15, 0.2) is 0 Å². The maximum atomic E-state index is 11.5. The van der Waals surface area contributed by atoms with Gasteiger partial charge >= 0.3 is 6.09 Å². The number of halogens is 1. The molecule has 0 aromatic heterocycles. The van der Waals surface area contributed by atoms with Gasteiger partial charge in [0.05, 0.1) is 6.54 Å². The van der Waals surface area contributed by atoms with E-state index >= 15 is 0 Å². The second-order valence-electron chi connectivity index (χ2n) is 3.80. The van der Waals surface area contributed by atoms with E-state index in [-0.39, 0.29) is 12.0 Å². The Bertz CT molecular complexity index is 464. The van der Waals surface area contributed by atoms with Crippen molar-refractivity contribution >= 4 is 39.3 Å². The standard InChI is InChI=1S/C12H13BrN2O3/c13-5-4-11(16)14-9-2-1-3-10(8-9)15-6-7-18-12(15)17/h1-3,8H,4-7H2,(H,14,16). The topological polar surface area (TPSA) is 58.6 Å². The fraction of sp³-hybridized carbons (Fsp3) is 0.333. The van der Waals surface area contributed by atoms with Crippen LogP contribution in [0.2, 0.25) is 0 Å². The maximum absolute atomic E-state index is 11.5. The van der Waals surface area contributed by atoms with Gasteiger partial charge in [0, 0.05) is 23.1 Å². The van der Waals surface area contributed by atoms with Gasteiger partial charge in [-0.25, -0.2) is 4.79 Å². The summed E-state index contributed by atoms with van der Waals surface area (Å²) >= 11 is 3.21. The minimum Gasteiger partial charge on any atom is -0.447 e. The summed E-state index contributed by atoms with van der Waals surface area (Å²) in [7, 11) is 0. The molecule has 1 aromatic carbocycles. The summed E-state index contributed by atoms with van der Waals surface area (Å²) in [6.45, 7) is 0.941. The summed E-state index contributed by atoms with van der Waals surface area (Å²) in [6, 6.07) is 7.16. The molecule has 1 aliphatic heterocycles. The highest BCUT2D eigenvalue weighted by molar-refractivity contribution is 9.09. The molecule has 0 bridgehead atoms. The average molecular weight is 313 g/mol. The second-order valence-corrected chi connectivity index (χ2v) is 4.60. The van der Waals surface area contributed by atoms with Crippen LogP contribution in [0.25, 0.3) is 0 Å². The number of alkyl halides is 1. The first kappa shape index (κ1) is 12.9. The first-order valence-corrected chi connectivity index (χ1v) is 6.73. The van der Waals surface area contributed by atoms with E-state index in [9.17, 15) is 9.59 Å². The maximum Gasteiger partial charge on any atom is 0.414 e. The highest BCUT2D eigenvalue weighted by atomic mass is 79.9. The number of nitrogens with one attached hydrogen (secondary N) is 1. The Morgan fingerprint density at radius 3 is 3.00 bits per heavy atom. The number of hydrogen-bond acceptors (Lipinski definition) is 3. The molecule has 1 saturated heterocycles. The highest BCUT2D eigenvalue weighted by Crippen LogP contribution is 2.22. The number of anilines is 2. The molecule has 0 saturated carbocycles. The van der Waals surface area contributed by atoms with Crippen LogP contribution in [0, 0.1) is 0 Å². The zero-order chi connectivity index (χ0) is 13.0. The second kappa shape index (κ2) is 5.86. The summed E-state index contributed by atoms with van der Waals surface area (Å²) in [4.78, 5) is 24.4. The van der Waals surface area contributed by atoms with Crippen molar-refractivity contribution in [3.63, 3.8) is 0 Å². The summed E-state index contributed by atoms with van der Waals surface area (Å²) in [6.07, 6.45) is 0.0645. The van der Waals surface area contributed by atoms with Gasteiger partial charge in [-0.15, -0.1) is 0 Å². The van der Waals surface area contributed by atoms with Crippen LogP contribution in [-0.4, -0.2) is 30.5 Å². The molecule has 1 heterocycles. The van der Waals surface area contributed by atoms with Crippen molar-refractivity contribution in [2.24, 2.45) is 0 Å². The van der Waals surface area contributed by atoms with E-state index in [0.29, 0.717) is 30.6 Å². The molecule has 1 aromatic rings. The van der Waals surface area contributed by atoms with Gasteiger partial charge in [-0.2, -0.15) is 0 Å². The monoisotopic (exact) mass is 312 g/mol. The smallest absolute Gasteiger partial charge is 0.414 e. The van der Waals surface area contributed by atoms with Gasteiger partial charge in [0.25, 0.3) is 0 Å². The van der Waals surface area contributed by atoms with E-state index in [1.165, 1.54) is 0 Å². The summed E-state index contributed by atoms with van der Waals surface area (Å²) in [5, 5.41) is 3.40. The molecule has 0 atom stereocenters. The lowest BCUT2D eigenvalue weighted by Gasteiger charge is -2.14. The minimum absolute atomic E-state index is 0.0620. The van der Waals surface area contributed by atoms with Crippen molar-refractivity contribution in [3.05, 3.63) is 24.3 Å². The number of cyclic esters (lactones) is 1. The lowest BCUT2D eigenvalue weighted by atomic mass is 10.2. The van der Waals surface area contributed by atoms with E-state index in [1.54, 1.807) is 23.1 Å². The van der Waals surface area contributed by atoms with Crippen LogP contribution < -0.4 is 10.2 Å². The molecule has 6 heteroatoms. The quantitative estimate of drug-likeness (QED) is 0.868. The lowest BCUT2D eigenvalue weighted by molar-refractivity contribution is -0.115. The Morgan fingerprint density at radius 2 is 2.33 bits per heavy atom. The zero-order valence-electron chi connectivity index (χ0n) is 9.69. The molecular weight excluding hydrogens is 300 g/mol. The van der Waals surface area contributed by atoms with Crippen LogP contribution in [-0.2, 0) is 9.53 Å². The summed E-state index contributed by atoms with van der Waals surface area (Å²) in [5.41, 5.74) is 1.41. The van der Waals surface area contributed by atoms with Crippen molar-refractivity contribution in [1.82, 2.24) is 0 Å². The number of carbonyl (C=O) groups excluding carboxylic acids is 2. The third-order valence-electron chi connectivity index (χ3n) is 2.52. The van der Waals surface area contributed by atoms with Gasteiger partial charge in [-0.1, -0.05) is 22.0 Å². The SMILES string of the molecule is O=C(CCBr)Nc1cccc(N2CCOC2=O)c1. The van der Waals surface area contributed by atoms with Gasteiger partial charge in [0.2, 0.25) is 5.91 Å². The third kappa shape index (κ3) is 3.01.